The number of ketones is 2. The molecule has 0 saturated carbocycles. The zero-order valence-corrected chi connectivity index (χ0v) is 11.8. The maximum Gasteiger partial charge on any atom is 0.140 e. The van der Waals surface area contributed by atoms with Crippen LogP contribution in [0.5, 0.6) is 0 Å². The van der Waals surface area contributed by atoms with Gasteiger partial charge in [0.2, 0.25) is 0 Å². The third-order valence-electron chi connectivity index (χ3n) is 3.26. The summed E-state index contributed by atoms with van der Waals surface area (Å²) in [5.41, 5.74) is 0. The van der Waals surface area contributed by atoms with Gasteiger partial charge in [0.25, 0.3) is 0 Å². The second kappa shape index (κ2) is 10.5. The van der Waals surface area contributed by atoms with Gasteiger partial charge in [-0.1, -0.05) is 58.8 Å². The van der Waals surface area contributed by atoms with Crippen LogP contribution in [0.4, 0.5) is 0 Å². The highest BCUT2D eigenvalue weighted by Crippen LogP contribution is 2.19. The molecule has 0 amide bonds. The molecule has 0 saturated heterocycles. The summed E-state index contributed by atoms with van der Waals surface area (Å²) in [4.78, 5) is 22.4. The average Bonchev–Trinajstić information content (AvgIpc) is 2.26. The Morgan fingerprint density at radius 2 is 1.65 bits per heavy atom. The Labute approximate surface area is 106 Å². The molecular formula is C15H28O2. The first-order valence-corrected chi connectivity index (χ1v) is 7.11. The molecule has 0 aromatic carbocycles. The highest BCUT2D eigenvalue weighted by atomic mass is 16.1. The predicted molar refractivity (Wildman–Crippen MR) is 72.1 cm³/mol. The average molecular weight is 240 g/mol. The number of unbranched alkanes of at least 4 members (excludes halogenated alkanes) is 4. The minimum Gasteiger partial charge on any atom is -0.300 e. The molecule has 0 aliphatic carbocycles. The van der Waals surface area contributed by atoms with E-state index in [2.05, 4.69) is 13.8 Å². The first kappa shape index (κ1) is 16.3. The van der Waals surface area contributed by atoms with Crippen LogP contribution in [0.2, 0.25) is 0 Å². The van der Waals surface area contributed by atoms with Gasteiger partial charge in [0.1, 0.15) is 11.6 Å². The highest BCUT2D eigenvalue weighted by molar-refractivity contribution is 5.97. The predicted octanol–water partition coefficient (Wildman–Crippen LogP) is 4.31. The Kier molecular flexibility index (Phi) is 10.1. The fraction of sp³-hybridized carbons (Fsp3) is 0.867. The van der Waals surface area contributed by atoms with Crippen molar-refractivity contribution in [3.8, 4) is 0 Å². The molecule has 100 valence electrons. The van der Waals surface area contributed by atoms with Crippen LogP contribution in [0.25, 0.3) is 0 Å². The van der Waals surface area contributed by atoms with E-state index in [1.807, 2.05) is 0 Å². The van der Waals surface area contributed by atoms with E-state index >= 15 is 0 Å². The van der Waals surface area contributed by atoms with E-state index in [0.717, 1.165) is 12.8 Å². The molecule has 2 heteroatoms. The normalized spacial score (nSPS) is 12.4. The van der Waals surface area contributed by atoms with Gasteiger partial charge in [-0.3, -0.25) is 9.59 Å². The molecule has 17 heavy (non-hydrogen) atoms. The van der Waals surface area contributed by atoms with Crippen molar-refractivity contribution in [1.29, 1.82) is 0 Å². The summed E-state index contributed by atoms with van der Waals surface area (Å²) >= 11 is 0. The molecule has 0 aliphatic heterocycles. The highest BCUT2D eigenvalue weighted by Gasteiger charge is 2.13. The third kappa shape index (κ3) is 10.2. The van der Waals surface area contributed by atoms with Gasteiger partial charge in [-0.25, -0.2) is 0 Å². The zero-order valence-electron chi connectivity index (χ0n) is 11.8. The molecule has 0 N–H and O–H groups in total. The molecule has 1 atom stereocenters. The Morgan fingerprint density at radius 1 is 1.00 bits per heavy atom. The molecule has 0 rings (SSSR count). The van der Waals surface area contributed by atoms with Crippen molar-refractivity contribution in [2.75, 3.05) is 0 Å². The van der Waals surface area contributed by atoms with E-state index in [-0.39, 0.29) is 18.0 Å². The van der Waals surface area contributed by atoms with Crippen LogP contribution in [-0.2, 0) is 9.59 Å². The molecule has 0 aromatic rings. The van der Waals surface area contributed by atoms with Gasteiger partial charge in [0, 0.05) is 6.42 Å². The second-order valence-corrected chi connectivity index (χ2v) is 5.10. The van der Waals surface area contributed by atoms with Crippen LogP contribution in [0.3, 0.4) is 0 Å². The van der Waals surface area contributed by atoms with Crippen molar-refractivity contribution >= 4 is 11.6 Å². The van der Waals surface area contributed by atoms with Gasteiger partial charge in [0.15, 0.2) is 0 Å². The summed E-state index contributed by atoms with van der Waals surface area (Å²) in [6.45, 7) is 5.84. The molecule has 2 nitrogen and oxygen atoms in total. The van der Waals surface area contributed by atoms with Crippen molar-refractivity contribution in [1.82, 2.24) is 0 Å². The maximum absolute atomic E-state index is 11.5. The summed E-state index contributed by atoms with van der Waals surface area (Å²) in [6, 6.07) is 0. The molecule has 0 heterocycles. The van der Waals surface area contributed by atoms with Crippen molar-refractivity contribution in [3.63, 3.8) is 0 Å². The molecule has 0 fully saturated rings. The number of carbonyl (C=O) groups excluding carboxylic acids is 2. The first-order chi connectivity index (χ1) is 8.10. The number of hydrogen-bond acceptors (Lipinski definition) is 2. The monoisotopic (exact) mass is 240 g/mol. The maximum atomic E-state index is 11.5. The summed E-state index contributed by atoms with van der Waals surface area (Å²) in [5.74, 6) is 0.606. The molecule has 0 radical (unpaired) electrons. The van der Waals surface area contributed by atoms with E-state index in [1.54, 1.807) is 0 Å². The van der Waals surface area contributed by atoms with Gasteiger partial charge in [-0.2, -0.15) is 0 Å². The SMILES string of the molecule is CCCCCCCC(CC)CC(=O)CC(C)=O. The summed E-state index contributed by atoms with van der Waals surface area (Å²) < 4.78 is 0. The lowest BCUT2D eigenvalue weighted by molar-refractivity contribution is -0.126. The van der Waals surface area contributed by atoms with E-state index in [9.17, 15) is 9.59 Å². The number of carbonyl (C=O) groups is 2. The van der Waals surface area contributed by atoms with Crippen LogP contribution in [-0.4, -0.2) is 11.6 Å². The van der Waals surface area contributed by atoms with Crippen LogP contribution in [0.1, 0.15) is 78.6 Å². The van der Waals surface area contributed by atoms with Crippen LogP contribution in [0, 0.1) is 5.92 Å². The van der Waals surface area contributed by atoms with E-state index in [4.69, 9.17) is 0 Å². The molecule has 1 unspecified atom stereocenters. The lowest BCUT2D eigenvalue weighted by Gasteiger charge is -2.13. The minimum atomic E-state index is -0.00667. The van der Waals surface area contributed by atoms with Gasteiger partial charge >= 0.3 is 0 Å². The van der Waals surface area contributed by atoms with Gasteiger partial charge in [-0.15, -0.1) is 0 Å². The topological polar surface area (TPSA) is 34.1 Å². The van der Waals surface area contributed by atoms with Gasteiger partial charge in [0.05, 0.1) is 6.42 Å². The van der Waals surface area contributed by atoms with Crippen LogP contribution < -0.4 is 0 Å². The van der Waals surface area contributed by atoms with E-state index in [0.29, 0.717) is 12.3 Å². The van der Waals surface area contributed by atoms with Gasteiger partial charge < -0.3 is 0 Å². The molecule has 0 bridgehead atoms. The number of rotatable bonds is 11. The van der Waals surface area contributed by atoms with Crippen molar-refractivity contribution < 1.29 is 9.59 Å². The molecule has 0 aromatic heterocycles. The van der Waals surface area contributed by atoms with Crippen LogP contribution in [0.15, 0.2) is 0 Å². The van der Waals surface area contributed by atoms with Crippen molar-refractivity contribution in [3.05, 3.63) is 0 Å². The summed E-state index contributed by atoms with van der Waals surface area (Å²) in [6.07, 6.45) is 9.34. The Balaban J connectivity index is 3.68. The zero-order chi connectivity index (χ0) is 13.1. The minimum absolute atomic E-state index is 0.00667. The first-order valence-electron chi connectivity index (χ1n) is 7.11. The quantitative estimate of drug-likeness (QED) is 0.398. The molecule has 0 aliphatic rings. The number of hydrogen-bond donors (Lipinski definition) is 0. The fourth-order valence-electron chi connectivity index (χ4n) is 2.16. The van der Waals surface area contributed by atoms with E-state index < -0.39 is 0 Å². The lowest BCUT2D eigenvalue weighted by atomic mass is 9.92. The lowest BCUT2D eigenvalue weighted by Crippen LogP contribution is -2.11. The Hall–Kier alpha value is -0.660. The standard InChI is InChI=1S/C15H28O2/c1-4-6-7-8-9-10-14(5-2)12-15(17)11-13(3)16/h14H,4-12H2,1-3H3. The van der Waals surface area contributed by atoms with Crippen LogP contribution >= 0.6 is 0 Å². The van der Waals surface area contributed by atoms with E-state index in [1.165, 1.54) is 39.0 Å². The Morgan fingerprint density at radius 3 is 2.18 bits per heavy atom. The number of Topliss-reactive ketones (excluding diaryl/α,β-unsaturated/α-hetero) is 2. The summed E-state index contributed by atoms with van der Waals surface area (Å²) in [5, 5.41) is 0. The van der Waals surface area contributed by atoms with Gasteiger partial charge in [-0.05, 0) is 12.8 Å². The molecular weight excluding hydrogens is 212 g/mol. The smallest absolute Gasteiger partial charge is 0.140 e. The van der Waals surface area contributed by atoms with Crippen molar-refractivity contribution in [2.45, 2.75) is 78.6 Å². The van der Waals surface area contributed by atoms with Crippen molar-refractivity contribution in [2.24, 2.45) is 5.92 Å². The largest absolute Gasteiger partial charge is 0.300 e. The molecule has 0 spiro atoms. The third-order valence-corrected chi connectivity index (χ3v) is 3.26. The Bertz CT molecular complexity index is 221. The fourth-order valence-corrected chi connectivity index (χ4v) is 2.16. The summed E-state index contributed by atoms with van der Waals surface area (Å²) in [7, 11) is 0. The second-order valence-electron chi connectivity index (χ2n) is 5.10.